The van der Waals surface area contributed by atoms with Crippen LogP contribution in [0.3, 0.4) is 0 Å². The first-order valence-corrected chi connectivity index (χ1v) is 9.51. The Labute approximate surface area is 179 Å². The molecule has 3 aromatic rings. The highest BCUT2D eigenvalue weighted by Crippen LogP contribution is 2.16. The monoisotopic (exact) mass is 416 g/mol. The number of carbonyl (C=O) groups is 2. The summed E-state index contributed by atoms with van der Waals surface area (Å²) in [5, 5.41) is 20.1. The molecule has 31 heavy (non-hydrogen) atoms. The number of ether oxygens (including phenoxy) is 1. The number of aromatic nitrogens is 4. The predicted molar refractivity (Wildman–Crippen MR) is 113 cm³/mol. The van der Waals surface area contributed by atoms with Crippen LogP contribution in [0, 0.1) is 18.3 Å². The van der Waals surface area contributed by atoms with Crippen molar-refractivity contribution in [2.45, 2.75) is 13.3 Å². The molecule has 0 saturated carbocycles. The second-order valence-corrected chi connectivity index (χ2v) is 6.44. The normalized spacial score (nSPS) is 10.9. The Hall–Kier alpha value is -4.32. The Bertz CT molecular complexity index is 1100. The quantitative estimate of drug-likeness (QED) is 0.409. The van der Waals surface area contributed by atoms with E-state index in [9.17, 15) is 9.59 Å². The van der Waals surface area contributed by atoms with Crippen molar-refractivity contribution in [3.05, 3.63) is 72.1 Å². The van der Waals surface area contributed by atoms with Gasteiger partial charge in [-0.25, -0.2) is 4.79 Å². The molecule has 0 aliphatic carbocycles. The molecule has 1 amide bonds. The van der Waals surface area contributed by atoms with Crippen LogP contribution in [0.15, 0.2) is 60.7 Å². The van der Waals surface area contributed by atoms with Crippen molar-refractivity contribution in [1.82, 2.24) is 20.2 Å². The number of hydrogen-bond acceptors (Lipinski definition) is 7. The van der Waals surface area contributed by atoms with Crippen LogP contribution in [0.5, 0.6) is 0 Å². The molecule has 0 N–H and O–H groups in total. The van der Waals surface area contributed by atoms with Gasteiger partial charge in [0.2, 0.25) is 0 Å². The molecular weight excluding hydrogens is 396 g/mol. The van der Waals surface area contributed by atoms with Gasteiger partial charge in [0.15, 0.2) is 18.1 Å². The first-order chi connectivity index (χ1) is 15.1. The average molecular weight is 416 g/mol. The molecule has 0 unspecified atom stereocenters. The lowest BCUT2D eigenvalue weighted by Gasteiger charge is -2.21. The van der Waals surface area contributed by atoms with E-state index in [1.807, 2.05) is 42.5 Å². The van der Waals surface area contributed by atoms with Crippen LogP contribution >= 0.6 is 0 Å². The molecule has 3 rings (SSSR count). The molecule has 156 valence electrons. The number of aryl methyl sites for hydroxylation is 1. The second-order valence-electron chi connectivity index (χ2n) is 6.44. The smallest absolute Gasteiger partial charge is 0.357 e. The van der Waals surface area contributed by atoms with Crippen molar-refractivity contribution >= 4 is 29.3 Å². The van der Waals surface area contributed by atoms with Crippen molar-refractivity contribution in [1.29, 1.82) is 5.26 Å². The number of carbonyl (C=O) groups excluding carboxylic acids is 2. The molecule has 0 radical (unpaired) electrons. The molecule has 0 spiro atoms. The van der Waals surface area contributed by atoms with Crippen molar-refractivity contribution in [2.24, 2.45) is 0 Å². The van der Waals surface area contributed by atoms with Gasteiger partial charge in [-0.2, -0.15) is 9.94 Å². The number of benzene rings is 2. The molecule has 1 heterocycles. The van der Waals surface area contributed by atoms with E-state index in [0.717, 1.165) is 5.56 Å². The van der Waals surface area contributed by atoms with Gasteiger partial charge in [0.05, 0.1) is 12.5 Å². The largest absolute Gasteiger partial charge is 0.451 e. The molecule has 9 heteroatoms. The fourth-order valence-corrected chi connectivity index (χ4v) is 2.81. The van der Waals surface area contributed by atoms with Gasteiger partial charge in [-0.3, -0.25) is 4.79 Å². The van der Waals surface area contributed by atoms with E-state index < -0.39 is 18.5 Å². The molecule has 0 fully saturated rings. The molecule has 0 saturated heterocycles. The second kappa shape index (κ2) is 10.5. The third-order valence-electron chi connectivity index (χ3n) is 4.31. The van der Waals surface area contributed by atoms with Gasteiger partial charge in [-0.15, -0.1) is 5.10 Å². The Kier molecular flexibility index (Phi) is 7.21. The summed E-state index contributed by atoms with van der Waals surface area (Å²) in [6.07, 6.45) is 1.73. The highest BCUT2D eigenvalue weighted by atomic mass is 16.5. The number of tetrazole rings is 1. The molecular formula is C22H20N6O3. The third kappa shape index (κ3) is 5.61. The van der Waals surface area contributed by atoms with Crippen molar-refractivity contribution in [2.75, 3.05) is 18.1 Å². The van der Waals surface area contributed by atoms with E-state index in [1.165, 1.54) is 9.58 Å². The van der Waals surface area contributed by atoms with E-state index in [0.29, 0.717) is 11.5 Å². The van der Waals surface area contributed by atoms with Crippen LogP contribution in [0.1, 0.15) is 17.8 Å². The van der Waals surface area contributed by atoms with E-state index in [4.69, 9.17) is 10.00 Å². The van der Waals surface area contributed by atoms with Gasteiger partial charge in [0, 0.05) is 12.2 Å². The Balaban J connectivity index is 1.78. The fraction of sp³-hybridized carbons (Fsp3) is 0.182. The maximum atomic E-state index is 12.8. The van der Waals surface area contributed by atoms with Crippen molar-refractivity contribution in [3.63, 3.8) is 0 Å². The summed E-state index contributed by atoms with van der Waals surface area (Å²) < 4.78 is 6.56. The molecule has 0 atom stereocenters. The summed E-state index contributed by atoms with van der Waals surface area (Å²) in [6.45, 7) is 1.35. The third-order valence-corrected chi connectivity index (χ3v) is 4.31. The van der Waals surface area contributed by atoms with Gasteiger partial charge in [0.25, 0.3) is 5.91 Å². The zero-order valence-corrected chi connectivity index (χ0v) is 16.9. The molecule has 0 bridgehead atoms. The maximum Gasteiger partial charge on any atom is 0.357 e. The Morgan fingerprint density at radius 2 is 1.81 bits per heavy atom. The average Bonchev–Trinajstić information content (AvgIpc) is 3.23. The number of esters is 1. The number of nitrogens with zero attached hydrogens (tertiary/aromatic N) is 6. The summed E-state index contributed by atoms with van der Waals surface area (Å²) in [7, 11) is 0. The summed E-state index contributed by atoms with van der Waals surface area (Å²) in [4.78, 5) is 27.0. The van der Waals surface area contributed by atoms with Gasteiger partial charge < -0.3 is 9.64 Å². The topological polar surface area (TPSA) is 114 Å². The minimum absolute atomic E-state index is 0.0739. The first kappa shape index (κ1) is 21.4. The van der Waals surface area contributed by atoms with Crippen molar-refractivity contribution < 1.29 is 14.3 Å². The molecule has 2 aromatic carbocycles. The number of para-hydroxylation sites is 1. The first-order valence-electron chi connectivity index (χ1n) is 9.51. The van der Waals surface area contributed by atoms with E-state index >= 15 is 0 Å². The highest BCUT2D eigenvalue weighted by Gasteiger charge is 2.21. The summed E-state index contributed by atoms with van der Waals surface area (Å²) in [5.41, 5.74) is 1.44. The van der Waals surface area contributed by atoms with Crippen LogP contribution in [0.4, 0.5) is 5.69 Å². The van der Waals surface area contributed by atoms with Crippen LogP contribution in [0.2, 0.25) is 0 Å². The van der Waals surface area contributed by atoms with E-state index in [2.05, 4.69) is 15.5 Å². The lowest BCUT2D eigenvalue weighted by Crippen LogP contribution is -2.35. The highest BCUT2D eigenvalue weighted by molar-refractivity contribution is 6.15. The molecule has 0 aliphatic heterocycles. The number of amides is 1. The van der Waals surface area contributed by atoms with Gasteiger partial charge in [0.1, 0.15) is 0 Å². The fourth-order valence-electron chi connectivity index (χ4n) is 2.81. The standard InChI is InChI=1S/C22H20N6O3/c1-17-24-25-26-28(17)20(15-18-9-4-2-5-10-18)22(30)31-16-21(29)27(14-8-13-23)19-11-6-3-7-12-19/h2-7,9-12,15H,8,14,16H2,1H3. The van der Waals surface area contributed by atoms with Crippen LogP contribution in [0.25, 0.3) is 11.8 Å². The minimum Gasteiger partial charge on any atom is -0.451 e. The SMILES string of the molecule is Cc1nnnn1C(=Cc1ccccc1)C(=O)OCC(=O)N(CCC#N)c1ccccc1. The molecule has 1 aromatic heterocycles. The number of anilines is 1. The summed E-state index contributed by atoms with van der Waals surface area (Å²) in [6, 6.07) is 20.1. The predicted octanol–water partition coefficient (Wildman–Crippen LogP) is 2.47. The van der Waals surface area contributed by atoms with Gasteiger partial charge in [-0.05, 0) is 41.1 Å². The van der Waals surface area contributed by atoms with E-state index in [-0.39, 0.29) is 18.7 Å². The lowest BCUT2D eigenvalue weighted by atomic mass is 10.2. The maximum absolute atomic E-state index is 12.8. The number of nitriles is 1. The summed E-state index contributed by atoms with van der Waals surface area (Å²) in [5.74, 6) is -0.798. The van der Waals surface area contributed by atoms with Gasteiger partial charge in [-0.1, -0.05) is 48.5 Å². The minimum atomic E-state index is -0.749. The van der Waals surface area contributed by atoms with Crippen molar-refractivity contribution in [3.8, 4) is 6.07 Å². The zero-order valence-electron chi connectivity index (χ0n) is 16.9. The van der Waals surface area contributed by atoms with Crippen LogP contribution in [-0.2, 0) is 14.3 Å². The van der Waals surface area contributed by atoms with E-state index in [1.54, 1.807) is 37.3 Å². The van der Waals surface area contributed by atoms with Gasteiger partial charge >= 0.3 is 5.97 Å². The Morgan fingerprint density at radius 1 is 1.13 bits per heavy atom. The molecule has 0 aliphatic rings. The number of hydrogen-bond donors (Lipinski definition) is 0. The molecule has 9 nitrogen and oxygen atoms in total. The van der Waals surface area contributed by atoms with Crippen LogP contribution < -0.4 is 4.90 Å². The summed E-state index contributed by atoms with van der Waals surface area (Å²) >= 11 is 0. The number of rotatable bonds is 8. The lowest BCUT2D eigenvalue weighted by molar-refractivity contribution is -0.142. The van der Waals surface area contributed by atoms with Crippen LogP contribution in [-0.4, -0.2) is 45.2 Å². The zero-order chi connectivity index (χ0) is 22.1. The Morgan fingerprint density at radius 3 is 2.42 bits per heavy atom.